The summed E-state index contributed by atoms with van der Waals surface area (Å²) in [4.78, 5) is 14.7. The van der Waals surface area contributed by atoms with E-state index >= 15 is 0 Å². The summed E-state index contributed by atoms with van der Waals surface area (Å²) in [6.07, 6.45) is 6.21. The van der Waals surface area contributed by atoms with Crippen LogP contribution in [0.15, 0.2) is 30.3 Å². The molecule has 1 aliphatic rings. The number of thiophene rings is 1. The van der Waals surface area contributed by atoms with Gasteiger partial charge in [-0.3, -0.25) is 9.48 Å². The van der Waals surface area contributed by atoms with Gasteiger partial charge in [-0.15, -0.1) is 11.3 Å². The fourth-order valence-corrected chi connectivity index (χ4v) is 5.05. The molecule has 0 unspecified atom stereocenters. The number of aromatic nitrogens is 2. The van der Waals surface area contributed by atoms with Gasteiger partial charge in [-0.1, -0.05) is 19.3 Å². The van der Waals surface area contributed by atoms with Gasteiger partial charge in [0, 0.05) is 30.4 Å². The van der Waals surface area contributed by atoms with Crippen LogP contribution in [0.3, 0.4) is 0 Å². The molecule has 29 heavy (non-hydrogen) atoms. The fraction of sp³-hybridized carbons (Fsp3) is 0.455. The standard InChI is InChI=1S/C22H28N4O2S/c1-15-19-14-20(29-22(19)26(25-15)18-6-4-3-5-7-18)21(27)24-17-10-8-16(9-11-17)23-12-13-28-2/h8-11,14,18,23H,3-7,12-13H2,1-2H3,(H,24,27). The number of aryl methyl sites for hydroxylation is 1. The number of fused-ring (bicyclic) bond motifs is 1. The Labute approximate surface area is 175 Å². The van der Waals surface area contributed by atoms with Crippen LogP contribution in [-0.2, 0) is 4.74 Å². The number of hydrogen-bond donors (Lipinski definition) is 2. The van der Waals surface area contributed by atoms with Gasteiger partial charge in [0.2, 0.25) is 0 Å². The molecule has 0 atom stereocenters. The molecule has 1 aliphatic carbocycles. The predicted octanol–water partition coefficient (Wildman–Crippen LogP) is 5.22. The molecule has 1 aromatic carbocycles. The summed E-state index contributed by atoms with van der Waals surface area (Å²) in [6, 6.07) is 10.2. The van der Waals surface area contributed by atoms with Gasteiger partial charge in [-0.2, -0.15) is 5.10 Å². The Kier molecular flexibility index (Phi) is 6.16. The van der Waals surface area contributed by atoms with Gasteiger partial charge in [0.05, 0.1) is 23.2 Å². The first-order chi connectivity index (χ1) is 14.2. The average Bonchev–Trinajstić information content (AvgIpc) is 3.31. The van der Waals surface area contributed by atoms with Gasteiger partial charge in [-0.25, -0.2) is 0 Å². The Morgan fingerprint density at radius 3 is 2.66 bits per heavy atom. The molecule has 1 saturated carbocycles. The maximum absolute atomic E-state index is 12.8. The van der Waals surface area contributed by atoms with Crippen LogP contribution in [0.1, 0.15) is 53.5 Å². The Hall–Kier alpha value is -2.38. The first kappa shape index (κ1) is 19.9. The zero-order valence-electron chi connectivity index (χ0n) is 17.0. The summed E-state index contributed by atoms with van der Waals surface area (Å²) in [6.45, 7) is 3.44. The quantitative estimate of drug-likeness (QED) is 0.522. The van der Waals surface area contributed by atoms with E-state index in [0.717, 1.165) is 38.7 Å². The zero-order valence-corrected chi connectivity index (χ0v) is 17.8. The third-order valence-electron chi connectivity index (χ3n) is 5.49. The molecule has 2 N–H and O–H groups in total. The Morgan fingerprint density at radius 1 is 1.21 bits per heavy atom. The second kappa shape index (κ2) is 8.97. The van der Waals surface area contributed by atoms with E-state index in [1.54, 1.807) is 18.4 Å². The molecule has 0 bridgehead atoms. The van der Waals surface area contributed by atoms with Crippen molar-refractivity contribution in [3.05, 3.63) is 40.9 Å². The summed E-state index contributed by atoms with van der Waals surface area (Å²) >= 11 is 1.54. The van der Waals surface area contributed by atoms with Gasteiger partial charge in [0.15, 0.2) is 0 Å². The highest BCUT2D eigenvalue weighted by atomic mass is 32.1. The van der Waals surface area contributed by atoms with Crippen LogP contribution >= 0.6 is 11.3 Å². The first-order valence-corrected chi connectivity index (χ1v) is 11.1. The second-order valence-electron chi connectivity index (χ2n) is 7.60. The molecule has 0 saturated heterocycles. The Balaban J connectivity index is 1.47. The molecule has 3 aromatic rings. The number of ether oxygens (including phenoxy) is 1. The summed E-state index contributed by atoms with van der Waals surface area (Å²) < 4.78 is 7.21. The van der Waals surface area contributed by atoms with Crippen molar-refractivity contribution in [2.75, 3.05) is 30.9 Å². The van der Waals surface area contributed by atoms with Gasteiger partial charge in [-0.05, 0) is 50.1 Å². The lowest BCUT2D eigenvalue weighted by molar-refractivity contribution is 0.103. The van der Waals surface area contributed by atoms with E-state index in [4.69, 9.17) is 9.84 Å². The minimum absolute atomic E-state index is 0.0686. The van der Waals surface area contributed by atoms with Crippen molar-refractivity contribution in [3.8, 4) is 0 Å². The van der Waals surface area contributed by atoms with Crippen LogP contribution in [0, 0.1) is 6.92 Å². The number of carbonyl (C=O) groups is 1. The lowest BCUT2D eigenvalue weighted by Crippen LogP contribution is -2.14. The summed E-state index contributed by atoms with van der Waals surface area (Å²) in [7, 11) is 1.68. The van der Waals surface area contributed by atoms with Crippen molar-refractivity contribution < 1.29 is 9.53 Å². The van der Waals surface area contributed by atoms with E-state index in [9.17, 15) is 4.79 Å². The summed E-state index contributed by atoms with van der Waals surface area (Å²) in [5.41, 5.74) is 2.80. The maximum atomic E-state index is 12.8. The van der Waals surface area contributed by atoms with Crippen LogP contribution in [0.2, 0.25) is 0 Å². The molecule has 0 aliphatic heterocycles. The monoisotopic (exact) mass is 412 g/mol. The number of rotatable bonds is 7. The Bertz CT molecular complexity index is 971. The van der Waals surface area contributed by atoms with Crippen molar-refractivity contribution in [3.63, 3.8) is 0 Å². The number of methoxy groups -OCH3 is 1. The number of benzene rings is 1. The maximum Gasteiger partial charge on any atom is 0.265 e. The predicted molar refractivity (Wildman–Crippen MR) is 119 cm³/mol. The minimum atomic E-state index is -0.0686. The first-order valence-electron chi connectivity index (χ1n) is 10.3. The lowest BCUT2D eigenvalue weighted by Gasteiger charge is -2.22. The van der Waals surface area contributed by atoms with Crippen molar-refractivity contribution in [1.29, 1.82) is 0 Å². The van der Waals surface area contributed by atoms with E-state index in [2.05, 4.69) is 15.3 Å². The van der Waals surface area contributed by atoms with E-state index in [-0.39, 0.29) is 5.91 Å². The molecule has 6 nitrogen and oxygen atoms in total. The third-order valence-corrected chi connectivity index (χ3v) is 6.61. The van der Waals surface area contributed by atoms with Gasteiger partial charge in [0.1, 0.15) is 4.83 Å². The molecule has 4 rings (SSSR count). The van der Waals surface area contributed by atoms with Gasteiger partial charge >= 0.3 is 0 Å². The molecule has 154 valence electrons. The molecular weight excluding hydrogens is 384 g/mol. The summed E-state index contributed by atoms with van der Waals surface area (Å²) in [5, 5.41) is 12.2. The Morgan fingerprint density at radius 2 is 1.93 bits per heavy atom. The van der Waals surface area contributed by atoms with E-state index in [1.807, 2.05) is 37.3 Å². The normalized spacial score (nSPS) is 15.0. The fourth-order valence-electron chi connectivity index (χ4n) is 3.92. The van der Waals surface area contributed by atoms with Crippen LogP contribution < -0.4 is 10.6 Å². The highest BCUT2D eigenvalue weighted by molar-refractivity contribution is 7.20. The van der Waals surface area contributed by atoms with Crippen molar-refractivity contribution in [1.82, 2.24) is 9.78 Å². The van der Waals surface area contributed by atoms with Gasteiger partial charge < -0.3 is 15.4 Å². The molecule has 0 spiro atoms. The van der Waals surface area contributed by atoms with Crippen molar-refractivity contribution >= 4 is 38.8 Å². The molecule has 1 fully saturated rings. The molecule has 2 aromatic heterocycles. The third kappa shape index (κ3) is 4.46. The van der Waals surface area contributed by atoms with Gasteiger partial charge in [0.25, 0.3) is 5.91 Å². The van der Waals surface area contributed by atoms with Crippen LogP contribution in [0.25, 0.3) is 10.2 Å². The van der Waals surface area contributed by atoms with Crippen LogP contribution in [0.5, 0.6) is 0 Å². The smallest absolute Gasteiger partial charge is 0.265 e. The number of amides is 1. The highest BCUT2D eigenvalue weighted by Gasteiger charge is 2.22. The van der Waals surface area contributed by atoms with Crippen LogP contribution in [0.4, 0.5) is 11.4 Å². The SMILES string of the molecule is COCCNc1ccc(NC(=O)c2cc3c(C)nn(C4CCCCC4)c3s2)cc1. The molecular formula is C22H28N4O2S. The largest absolute Gasteiger partial charge is 0.383 e. The van der Waals surface area contributed by atoms with Crippen molar-refractivity contribution in [2.45, 2.75) is 45.1 Å². The zero-order chi connectivity index (χ0) is 20.2. The van der Waals surface area contributed by atoms with E-state index in [0.29, 0.717) is 12.6 Å². The summed E-state index contributed by atoms with van der Waals surface area (Å²) in [5.74, 6) is -0.0686. The highest BCUT2D eigenvalue weighted by Crippen LogP contribution is 2.35. The molecule has 2 heterocycles. The lowest BCUT2D eigenvalue weighted by atomic mass is 9.96. The number of nitrogens with zero attached hydrogens (tertiary/aromatic N) is 2. The topological polar surface area (TPSA) is 68.2 Å². The van der Waals surface area contributed by atoms with Crippen molar-refractivity contribution in [2.24, 2.45) is 0 Å². The number of carbonyl (C=O) groups excluding carboxylic acids is 1. The minimum Gasteiger partial charge on any atom is -0.383 e. The molecule has 1 amide bonds. The molecule has 7 heteroatoms. The number of hydrogen-bond acceptors (Lipinski definition) is 5. The number of nitrogens with one attached hydrogen (secondary N) is 2. The van der Waals surface area contributed by atoms with Crippen LogP contribution in [-0.4, -0.2) is 35.9 Å². The average molecular weight is 413 g/mol. The van der Waals surface area contributed by atoms with E-state index in [1.165, 1.54) is 32.1 Å². The number of anilines is 2. The van der Waals surface area contributed by atoms with E-state index < -0.39 is 0 Å². The molecule has 0 radical (unpaired) electrons. The second-order valence-corrected chi connectivity index (χ2v) is 8.63.